The molecule has 242 valence electrons. The van der Waals surface area contributed by atoms with Gasteiger partial charge in [0, 0.05) is 30.4 Å². The third-order valence-corrected chi connectivity index (χ3v) is 8.82. The van der Waals surface area contributed by atoms with Crippen molar-refractivity contribution in [1.82, 2.24) is 9.97 Å². The maximum Gasteiger partial charge on any atom is 0.0346 e. The molecule has 0 N–H and O–H groups in total. The number of hydrogen-bond acceptors (Lipinski definition) is 2. The first-order valence-corrected chi connectivity index (χ1v) is 16.7. The van der Waals surface area contributed by atoms with E-state index < -0.39 is 0 Å². The van der Waals surface area contributed by atoms with Gasteiger partial charge in [0.1, 0.15) is 0 Å². The van der Waals surface area contributed by atoms with E-state index in [1.54, 1.807) is 6.08 Å². The second-order valence-electron chi connectivity index (χ2n) is 12.2. The normalized spacial score (nSPS) is 11.7. The lowest BCUT2D eigenvalue weighted by atomic mass is 9.87. The molecule has 0 fully saturated rings. The van der Waals surface area contributed by atoms with Crippen molar-refractivity contribution in [3.63, 3.8) is 0 Å². The monoisotopic (exact) mass is 644 g/mol. The molecule has 2 nitrogen and oxygen atoms in total. The number of nitrogens with zero attached hydrogens (tertiary/aromatic N) is 2. The van der Waals surface area contributed by atoms with Crippen LogP contribution in [0.2, 0.25) is 0 Å². The van der Waals surface area contributed by atoms with Crippen LogP contribution < -0.4 is 0 Å². The van der Waals surface area contributed by atoms with Crippen LogP contribution in [0.4, 0.5) is 0 Å². The van der Waals surface area contributed by atoms with Crippen LogP contribution >= 0.6 is 0 Å². The van der Waals surface area contributed by atoms with E-state index in [1.165, 1.54) is 54.6 Å². The molecule has 2 heterocycles. The molecule has 0 unspecified atom stereocenters. The van der Waals surface area contributed by atoms with Gasteiger partial charge in [0.15, 0.2) is 0 Å². The van der Waals surface area contributed by atoms with Gasteiger partial charge in [-0.05, 0) is 103 Å². The first-order valence-electron chi connectivity index (χ1n) is 16.7. The van der Waals surface area contributed by atoms with Crippen molar-refractivity contribution >= 4 is 32.3 Å². The zero-order valence-corrected chi connectivity index (χ0v) is 28.7. The first kappa shape index (κ1) is 33.5. The lowest BCUT2D eigenvalue weighted by Crippen LogP contribution is -1.89. The Morgan fingerprint density at radius 1 is 0.600 bits per heavy atom. The number of rotatable bonds is 9. The van der Waals surface area contributed by atoms with Crippen LogP contribution in [-0.4, -0.2) is 9.97 Å². The van der Waals surface area contributed by atoms with Crippen molar-refractivity contribution in [2.45, 2.75) is 13.8 Å². The summed E-state index contributed by atoms with van der Waals surface area (Å²) in [4.78, 5) is 8.60. The van der Waals surface area contributed by atoms with Gasteiger partial charge in [0.25, 0.3) is 0 Å². The molecule has 7 aromatic rings. The third-order valence-electron chi connectivity index (χ3n) is 8.82. The van der Waals surface area contributed by atoms with Crippen LogP contribution in [0.1, 0.15) is 13.8 Å². The Balaban J connectivity index is 0.000000231. The quantitative estimate of drug-likeness (QED) is 0.115. The van der Waals surface area contributed by atoms with Crippen LogP contribution in [0.25, 0.3) is 65.7 Å². The zero-order valence-electron chi connectivity index (χ0n) is 28.7. The summed E-state index contributed by atoms with van der Waals surface area (Å²) in [6.45, 7) is 19.4. The highest BCUT2D eigenvalue weighted by Crippen LogP contribution is 2.42. The van der Waals surface area contributed by atoms with Crippen molar-refractivity contribution in [2.75, 3.05) is 0 Å². The lowest BCUT2D eigenvalue weighted by Gasteiger charge is -2.16. The van der Waals surface area contributed by atoms with Crippen LogP contribution in [0.5, 0.6) is 0 Å². The largest absolute Gasteiger partial charge is 0.264 e. The minimum atomic E-state index is 0.874. The van der Waals surface area contributed by atoms with Gasteiger partial charge in [-0.25, -0.2) is 0 Å². The summed E-state index contributed by atoms with van der Waals surface area (Å²) in [5.41, 5.74) is 10.9. The fourth-order valence-corrected chi connectivity index (χ4v) is 6.22. The highest BCUT2D eigenvalue weighted by atomic mass is 14.6. The molecule has 0 spiro atoms. The minimum Gasteiger partial charge on any atom is -0.264 e. The van der Waals surface area contributed by atoms with Crippen LogP contribution in [0.3, 0.4) is 0 Å². The molecule has 0 bridgehead atoms. The molecule has 2 heteroatoms. The van der Waals surface area contributed by atoms with Gasteiger partial charge < -0.3 is 0 Å². The summed E-state index contributed by atoms with van der Waals surface area (Å²) in [6, 6.07) is 35.0. The molecule has 7 rings (SSSR count). The first-order chi connectivity index (χ1) is 24.4. The third kappa shape index (κ3) is 7.06. The van der Waals surface area contributed by atoms with E-state index in [0.29, 0.717) is 0 Å². The molecule has 0 saturated carbocycles. The average Bonchev–Trinajstić information content (AvgIpc) is 3.17. The van der Waals surface area contributed by atoms with Gasteiger partial charge in [0.2, 0.25) is 0 Å². The summed E-state index contributed by atoms with van der Waals surface area (Å²) in [5.74, 6) is 0. The molecule has 2 aromatic heterocycles. The van der Waals surface area contributed by atoms with Crippen LogP contribution in [0, 0.1) is 0 Å². The van der Waals surface area contributed by atoms with Gasteiger partial charge in [0.05, 0.1) is 0 Å². The number of allylic oxidation sites excluding steroid dienone is 10. The Morgan fingerprint density at radius 3 is 1.66 bits per heavy atom. The van der Waals surface area contributed by atoms with Crippen molar-refractivity contribution in [3.05, 3.63) is 207 Å². The maximum absolute atomic E-state index is 4.35. The van der Waals surface area contributed by atoms with Crippen molar-refractivity contribution in [1.29, 1.82) is 0 Å². The second-order valence-corrected chi connectivity index (χ2v) is 12.2. The Bertz CT molecular complexity index is 2420. The van der Waals surface area contributed by atoms with E-state index in [0.717, 1.165) is 33.4 Å². The summed E-state index contributed by atoms with van der Waals surface area (Å²) >= 11 is 0. The standard InChI is InChI=1S/C32H20N2.C16H20/c1-3-25(19-33-17-1)21-5-7-22(8-6-21)27-13-9-23-12-16-30-28(26-4-2-18-34-20-26)14-10-24-11-15-29(27)31(23)32(24)30;1-7-9-10-16(8-2)15(6)14(5)12-11-13(3)4/h1-20H;7-12H,2-3,5-6H2,1,4H3/b;9-7-,12-11-,16-10+. The molecule has 50 heavy (non-hydrogen) atoms. The van der Waals surface area contributed by atoms with E-state index in [4.69, 9.17) is 0 Å². The highest BCUT2D eigenvalue weighted by Gasteiger charge is 2.15. The molecule has 0 aliphatic carbocycles. The molecule has 0 radical (unpaired) electrons. The van der Waals surface area contributed by atoms with E-state index in [9.17, 15) is 0 Å². The number of pyridine rings is 2. The zero-order chi connectivity index (χ0) is 35.0. The molecular weight excluding hydrogens is 605 g/mol. The number of hydrogen-bond donors (Lipinski definition) is 0. The van der Waals surface area contributed by atoms with Crippen LogP contribution in [0.15, 0.2) is 207 Å². The SMILES string of the molecule is C=C/C(=C\C=C/C)C(=C)C(=C)/C=C\C(=C)C.c1cncc(-c2ccc(-c3ccc4ccc5c(-c6cccnc6)ccc6ccc3c4c65)cc2)c1. The topological polar surface area (TPSA) is 25.8 Å². The second kappa shape index (κ2) is 15.2. The molecular formula is C48H40N2. The summed E-state index contributed by atoms with van der Waals surface area (Å²) in [5, 5.41) is 7.75. The van der Waals surface area contributed by atoms with Gasteiger partial charge in [-0.15, -0.1) is 0 Å². The molecule has 0 aliphatic rings. The van der Waals surface area contributed by atoms with Crippen molar-refractivity contribution in [2.24, 2.45) is 0 Å². The Morgan fingerprint density at radius 2 is 1.14 bits per heavy atom. The van der Waals surface area contributed by atoms with Gasteiger partial charge in [-0.1, -0.05) is 153 Å². The predicted octanol–water partition coefficient (Wildman–Crippen LogP) is 13.3. The lowest BCUT2D eigenvalue weighted by molar-refractivity contribution is 1.33. The summed E-state index contributed by atoms with van der Waals surface area (Å²) < 4.78 is 0. The van der Waals surface area contributed by atoms with E-state index in [2.05, 4.69) is 121 Å². The molecule has 5 aromatic carbocycles. The summed E-state index contributed by atoms with van der Waals surface area (Å²) in [6.07, 6.45) is 19.0. The highest BCUT2D eigenvalue weighted by molar-refractivity contribution is 6.27. The predicted molar refractivity (Wildman–Crippen MR) is 217 cm³/mol. The van der Waals surface area contributed by atoms with Gasteiger partial charge in [-0.3, -0.25) is 9.97 Å². The number of benzene rings is 5. The fraction of sp³-hybridized carbons (Fsp3) is 0.0417. The molecule has 0 amide bonds. The van der Waals surface area contributed by atoms with E-state index >= 15 is 0 Å². The Labute approximate surface area is 295 Å². The molecule has 0 aliphatic heterocycles. The number of aromatic nitrogens is 2. The molecule has 0 saturated heterocycles. The van der Waals surface area contributed by atoms with Crippen molar-refractivity contribution < 1.29 is 0 Å². The van der Waals surface area contributed by atoms with Crippen molar-refractivity contribution in [3.8, 4) is 33.4 Å². The minimum absolute atomic E-state index is 0.874. The maximum atomic E-state index is 4.35. The molecule has 0 atom stereocenters. The fourth-order valence-electron chi connectivity index (χ4n) is 6.22. The van der Waals surface area contributed by atoms with Gasteiger partial charge in [-0.2, -0.15) is 0 Å². The van der Waals surface area contributed by atoms with Crippen LogP contribution in [-0.2, 0) is 0 Å². The van der Waals surface area contributed by atoms with Gasteiger partial charge >= 0.3 is 0 Å². The average molecular weight is 645 g/mol. The smallest absolute Gasteiger partial charge is 0.0346 e. The van der Waals surface area contributed by atoms with E-state index in [1.807, 2.05) is 81.1 Å². The Hall–Kier alpha value is -6.38. The Kier molecular flexibility index (Phi) is 10.2. The summed E-state index contributed by atoms with van der Waals surface area (Å²) in [7, 11) is 0. The van der Waals surface area contributed by atoms with E-state index in [-0.39, 0.29) is 0 Å².